The fraction of sp³-hybridized carbons (Fsp3) is 0.0968. The van der Waals surface area contributed by atoms with Crippen LogP contribution in [0.25, 0.3) is 21.9 Å². The molecule has 0 bridgehead atoms. The molecule has 1 nitrogen and oxygen atoms in total. The third-order valence-electron chi connectivity index (χ3n) is 6.05. The Morgan fingerprint density at radius 1 is 0.606 bits per heavy atom. The number of hydrogen-bond acceptors (Lipinski definition) is 1. The van der Waals surface area contributed by atoms with Crippen molar-refractivity contribution in [2.75, 3.05) is 7.11 Å². The number of methoxy groups -OCH3 is 1. The average Bonchev–Trinajstić information content (AvgIpc) is 2.86. The van der Waals surface area contributed by atoms with Crippen LogP contribution < -0.4 is 10.5 Å². The molecule has 0 aliphatic rings. The molecule has 0 aliphatic carbocycles. The number of rotatable bonds is 6. The van der Waals surface area contributed by atoms with Crippen molar-refractivity contribution >= 4 is 41.5 Å². The third-order valence-corrected chi connectivity index (χ3v) is 13.4. The van der Waals surface area contributed by atoms with Gasteiger partial charge in [-0.3, -0.25) is 0 Å². The fourth-order valence-corrected chi connectivity index (χ4v) is 11.9. The Hall–Kier alpha value is -2.86. The summed E-state index contributed by atoms with van der Waals surface area (Å²) in [5.74, 6) is 0. The van der Waals surface area contributed by atoms with Gasteiger partial charge in [0.1, 0.15) is 0 Å². The molecule has 162 valence electrons. The van der Waals surface area contributed by atoms with E-state index in [4.69, 9.17) is 4.74 Å². The van der Waals surface area contributed by atoms with Gasteiger partial charge in [-0.25, -0.2) is 0 Å². The van der Waals surface area contributed by atoms with Crippen molar-refractivity contribution in [2.45, 2.75) is 13.5 Å². The van der Waals surface area contributed by atoms with E-state index in [1.165, 1.54) is 43.6 Å². The second-order valence-corrected chi connectivity index (χ2v) is 14.4. The minimum atomic E-state index is -2.37. The zero-order chi connectivity index (χ0) is 22.6. The van der Waals surface area contributed by atoms with Crippen LogP contribution >= 0.6 is 0 Å². The van der Waals surface area contributed by atoms with Crippen molar-refractivity contribution in [2.24, 2.45) is 0 Å². The summed E-state index contributed by atoms with van der Waals surface area (Å²) in [4.78, 5) is 0. The van der Waals surface area contributed by atoms with Crippen LogP contribution in [0.5, 0.6) is 0 Å². The van der Waals surface area contributed by atoms with Crippen LogP contribution in [-0.4, -0.2) is 27.3 Å². The van der Waals surface area contributed by atoms with Gasteiger partial charge in [0, 0.05) is 0 Å². The van der Waals surface area contributed by atoms with Crippen molar-refractivity contribution in [1.29, 1.82) is 0 Å². The van der Waals surface area contributed by atoms with E-state index >= 15 is 0 Å². The van der Waals surface area contributed by atoms with Gasteiger partial charge in [-0.05, 0) is 0 Å². The second-order valence-electron chi connectivity index (χ2n) is 8.28. The summed E-state index contributed by atoms with van der Waals surface area (Å²) < 4.78 is 10.0. The maximum atomic E-state index is 5.55. The average molecular weight is 537 g/mol. The third kappa shape index (κ3) is 4.49. The first-order valence-corrected chi connectivity index (χ1v) is 15.1. The van der Waals surface area contributed by atoms with E-state index in [9.17, 15) is 0 Å². The summed E-state index contributed by atoms with van der Waals surface area (Å²) in [6.07, 6.45) is 0. The zero-order valence-corrected chi connectivity index (χ0v) is 21.6. The van der Waals surface area contributed by atoms with E-state index in [0.717, 1.165) is 0 Å². The number of fused-ring (bicyclic) bond motifs is 1. The molecule has 2 heteroatoms. The zero-order valence-electron chi connectivity index (χ0n) is 19.0. The van der Waals surface area contributed by atoms with Crippen LogP contribution in [0.2, 0.25) is 0 Å². The van der Waals surface area contributed by atoms with E-state index in [1.54, 1.807) is 7.11 Å². The first-order chi connectivity index (χ1) is 16.3. The summed E-state index contributed by atoms with van der Waals surface area (Å²) >= 11 is -2.37. The van der Waals surface area contributed by atoms with Crippen molar-refractivity contribution in [3.05, 3.63) is 126 Å². The van der Waals surface area contributed by atoms with Gasteiger partial charge in [-0.15, -0.1) is 0 Å². The van der Waals surface area contributed by atoms with Crippen molar-refractivity contribution in [1.82, 2.24) is 0 Å². The van der Waals surface area contributed by atoms with Gasteiger partial charge in [-0.2, -0.15) is 0 Å². The second kappa shape index (κ2) is 9.96. The number of ether oxygens (including phenoxy) is 1. The molecule has 0 spiro atoms. The molecule has 0 fully saturated rings. The number of benzene rings is 5. The summed E-state index contributed by atoms with van der Waals surface area (Å²) in [5.41, 5.74) is 5.14. The van der Waals surface area contributed by atoms with Crippen molar-refractivity contribution in [3.63, 3.8) is 0 Å². The van der Waals surface area contributed by atoms with Crippen LogP contribution in [0.1, 0.15) is 11.1 Å². The molecule has 5 rings (SSSR count). The van der Waals surface area contributed by atoms with E-state index in [0.29, 0.717) is 6.61 Å². The molecule has 0 heterocycles. The SMILES string of the molecule is COCc1ccccc1-c1cccc[c]1[Sb]([c]1ccc(C)cc1)[c]1cccc2ccccc12. The van der Waals surface area contributed by atoms with Crippen LogP contribution in [0.15, 0.2) is 115 Å². The molecular formula is C31H27OSb. The molecule has 0 N–H and O–H groups in total. The van der Waals surface area contributed by atoms with E-state index in [-0.39, 0.29) is 0 Å². The molecule has 5 aromatic carbocycles. The Morgan fingerprint density at radius 2 is 1.24 bits per heavy atom. The quantitative estimate of drug-likeness (QED) is 0.261. The minimum absolute atomic E-state index is 0.612. The van der Waals surface area contributed by atoms with E-state index in [1.807, 2.05) is 0 Å². The van der Waals surface area contributed by atoms with Gasteiger partial charge in [0.05, 0.1) is 0 Å². The van der Waals surface area contributed by atoms with Gasteiger partial charge < -0.3 is 0 Å². The Balaban J connectivity index is 1.79. The molecular weight excluding hydrogens is 510 g/mol. The molecule has 0 aliphatic heterocycles. The maximum absolute atomic E-state index is 5.55. The summed E-state index contributed by atoms with van der Waals surface area (Å²) in [6.45, 7) is 2.78. The number of hydrogen-bond donors (Lipinski definition) is 0. The molecule has 5 aromatic rings. The van der Waals surface area contributed by atoms with Crippen LogP contribution in [0.4, 0.5) is 0 Å². The van der Waals surface area contributed by atoms with Gasteiger partial charge in [0.15, 0.2) is 0 Å². The first kappa shape index (κ1) is 22.0. The van der Waals surface area contributed by atoms with Gasteiger partial charge in [0.25, 0.3) is 0 Å². The first-order valence-electron chi connectivity index (χ1n) is 11.3. The molecule has 0 unspecified atom stereocenters. The molecule has 0 atom stereocenters. The normalized spacial score (nSPS) is 11.2. The molecule has 0 amide bonds. The predicted molar refractivity (Wildman–Crippen MR) is 142 cm³/mol. The van der Waals surface area contributed by atoms with E-state index in [2.05, 4.69) is 122 Å². The van der Waals surface area contributed by atoms with Crippen molar-refractivity contribution in [3.8, 4) is 11.1 Å². The Bertz CT molecular complexity index is 1380. The van der Waals surface area contributed by atoms with Crippen LogP contribution in [0, 0.1) is 6.92 Å². The molecule has 0 saturated carbocycles. The standard InChI is InChI=1S/C14H13O.C10H7.C7H7.Sb/c1-15-11-13-9-5-6-10-14(13)12-7-3-2-4-8-12;1-2-6-10-8-4-3-7-9(10)5-1;1-7-5-3-2-4-6-7;/h2-7,9-10H,11H2,1H3;1-7H;3-6H,1H3;. The van der Waals surface area contributed by atoms with Crippen LogP contribution in [0.3, 0.4) is 0 Å². The Kier molecular flexibility index (Phi) is 6.62. The Morgan fingerprint density at radius 3 is 2.06 bits per heavy atom. The molecule has 0 radical (unpaired) electrons. The van der Waals surface area contributed by atoms with Gasteiger partial charge in [0.2, 0.25) is 0 Å². The number of aryl methyl sites for hydroxylation is 1. The summed E-state index contributed by atoms with van der Waals surface area (Å²) in [7, 11) is 1.77. The predicted octanol–water partition coefficient (Wildman–Crippen LogP) is 5.48. The van der Waals surface area contributed by atoms with Crippen LogP contribution in [-0.2, 0) is 11.3 Å². The fourth-order valence-electron chi connectivity index (χ4n) is 4.47. The summed E-state index contributed by atoms with van der Waals surface area (Å²) in [5, 5.41) is 2.69. The van der Waals surface area contributed by atoms with E-state index < -0.39 is 20.2 Å². The Labute approximate surface area is 203 Å². The molecule has 33 heavy (non-hydrogen) atoms. The molecule has 0 saturated heterocycles. The van der Waals surface area contributed by atoms with Gasteiger partial charge >= 0.3 is 204 Å². The topological polar surface area (TPSA) is 9.23 Å². The monoisotopic (exact) mass is 536 g/mol. The van der Waals surface area contributed by atoms with Crippen molar-refractivity contribution < 1.29 is 4.74 Å². The molecule has 0 aromatic heterocycles. The van der Waals surface area contributed by atoms with Gasteiger partial charge in [-0.1, -0.05) is 0 Å². The summed E-state index contributed by atoms with van der Waals surface area (Å²) in [6, 6.07) is 42.6.